The lowest BCUT2D eigenvalue weighted by Gasteiger charge is -2.11. The third kappa shape index (κ3) is 3.26. The summed E-state index contributed by atoms with van der Waals surface area (Å²) in [7, 11) is 0. The molecule has 0 saturated heterocycles. The van der Waals surface area contributed by atoms with Crippen LogP contribution in [0.25, 0.3) is 0 Å². The molecule has 0 bridgehead atoms. The molecule has 1 aromatic carbocycles. The number of unbranched alkanes of at least 4 members (excludes halogenated alkanes) is 1. The summed E-state index contributed by atoms with van der Waals surface area (Å²) in [5, 5.41) is 0. The Labute approximate surface area is 88.1 Å². The predicted octanol–water partition coefficient (Wildman–Crippen LogP) is 4.36. The first-order valence-corrected chi connectivity index (χ1v) is 5.12. The van der Waals surface area contributed by atoms with Crippen LogP contribution in [0.3, 0.4) is 0 Å². The standard InChI is InChI=1S/C12H15F3/c1-3-4-5-10-8-11(12(13,14)15)7-6-9(10)2/h6-8H,3-5H2,1-2H3. The molecule has 1 aromatic rings. The van der Waals surface area contributed by atoms with Crippen molar-refractivity contribution in [2.45, 2.75) is 39.3 Å². The number of rotatable bonds is 3. The number of benzene rings is 1. The van der Waals surface area contributed by atoms with E-state index in [0.29, 0.717) is 0 Å². The molecular formula is C12H15F3. The molecule has 0 saturated carbocycles. The highest BCUT2D eigenvalue weighted by Crippen LogP contribution is 2.30. The normalized spacial score (nSPS) is 11.8. The molecule has 15 heavy (non-hydrogen) atoms. The second kappa shape index (κ2) is 4.69. The lowest BCUT2D eigenvalue weighted by Crippen LogP contribution is -2.06. The zero-order chi connectivity index (χ0) is 11.5. The maximum atomic E-state index is 12.4. The minimum absolute atomic E-state index is 0.542. The van der Waals surface area contributed by atoms with E-state index in [2.05, 4.69) is 0 Å². The number of hydrogen-bond donors (Lipinski definition) is 0. The maximum Gasteiger partial charge on any atom is 0.416 e. The summed E-state index contributed by atoms with van der Waals surface area (Å²) in [6.07, 6.45) is -1.57. The van der Waals surface area contributed by atoms with Crippen LogP contribution in [-0.2, 0) is 12.6 Å². The fraction of sp³-hybridized carbons (Fsp3) is 0.500. The number of alkyl halides is 3. The summed E-state index contributed by atoms with van der Waals surface area (Å²) >= 11 is 0. The van der Waals surface area contributed by atoms with Gasteiger partial charge < -0.3 is 0 Å². The Morgan fingerprint density at radius 3 is 2.40 bits per heavy atom. The molecule has 0 amide bonds. The van der Waals surface area contributed by atoms with Gasteiger partial charge in [0.05, 0.1) is 5.56 Å². The Bertz CT molecular complexity index is 326. The van der Waals surface area contributed by atoms with Crippen LogP contribution < -0.4 is 0 Å². The van der Waals surface area contributed by atoms with Gasteiger partial charge in [0.15, 0.2) is 0 Å². The average molecular weight is 216 g/mol. The molecule has 0 N–H and O–H groups in total. The molecule has 0 aliphatic rings. The summed E-state index contributed by atoms with van der Waals surface area (Å²) < 4.78 is 37.3. The Kier molecular flexibility index (Phi) is 3.77. The third-order valence-corrected chi connectivity index (χ3v) is 2.48. The Morgan fingerprint density at radius 1 is 1.20 bits per heavy atom. The van der Waals surface area contributed by atoms with Crippen LogP contribution in [0.2, 0.25) is 0 Å². The zero-order valence-corrected chi connectivity index (χ0v) is 8.99. The molecule has 1 rings (SSSR count). The maximum absolute atomic E-state index is 12.4. The molecule has 0 fully saturated rings. The average Bonchev–Trinajstić information content (AvgIpc) is 2.15. The van der Waals surface area contributed by atoms with Crippen molar-refractivity contribution in [1.82, 2.24) is 0 Å². The van der Waals surface area contributed by atoms with Crippen LogP contribution >= 0.6 is 0 Å². The molecule has 3 heteroatoms. The molecule has 0 aromatic heterocycles. The van der Waals surface area contributed by atoms with Crippen molar-refractivity contribution in [3.8, 4) is 0 Å². The van der Waals surface area contributed by atoms with E-state index in [9.17, 15) is 13.2 Å². The highest BCUT2D eigenvalue weighted by atomic mass is 19.4. The Balaban J connectivity index is 2.95. The van der Waals surface area contributed by atoms with Crippen LogP contribution in [0.4, 0.5) is 13.2 Å². The highest BCUT2D eigenvalue weighted by molar-refractivity contribution is 5.32. The molecule has 84 valence electrons. The first-order valence-electron chi connectivity index (χ1n) is 5.12. The van der Waals surface area contributed by atoms with Gasteiger partial charge in [0.25, 0.3) is 0 Å². The van der Waals surface area contributed by atoms with Crippen molar-refractivity contribution < 1.29 is 13.2 Å². The summed E-state index contributed by atoms with van der Waals surface area (Å²) in [5.41, 5.74) is 1.21. The van der Waals surface area contributed by atoms with E-state index >= 15 is 0 Å². The van der Waals surface area contributed by atoms with Crippen molar-refractivity contribution in [1.29, 1.82) is 0 Å². The van der Waals surface area contributed by atoms with Crippen LogP contribution in [0, 0.1) is 6.92 Å². The van der Waals surface area contributed by atoms with E-state index in [1.54, 1.807) is 6.07 Å². The molecular weight excluding hydrogens is 201 g/mol. The van der Waals surface area contributed by atoms with E-state index in [-0.39, 0.29) is 0 Å². The SMILES string of the molecule is CCCCc1cc(C(F)(F)F)ccc1C. The molecule has 0 spiro atoms. The molecule has 0 atom stereocenters. The fourth-order valence-corrected chi connectivity index (χ4v) is 1.48. The van der Waals surface area contributed by atoms with Crippen molar-refractivity contribution in [3.63, 3.8) is 0 Å². The minimum atomic E-state index is -4.23. The van der Waals surface area contributed by atoms with Crippen LogP contribution in [-0.4, -0.2) is 0 Å². The number of aryl methyl sites for hydroxylation is 2. The van der Waals surface area contributed by atoms with Crippen LogP contribution in [0.1, 0.15) is 36.5 Å². The van der Waals surface area contributed by atoms with E-state index in [0.717, 1.165) is 36.5 Å². The molecule has 0 heterocycles. The van der Waals surface area contributed by atoms with Gasteiger partial charge in [-0.2, -0.15) is 13.2 Å². The fourth-order valence-electron chi connectivity index (χ4n) is 1.48. The van der Waals surface area contributed by atoms with E-state index < -0.39 is 11.7 Å². The van der Waals surface area contributed by atoms with E-state index in [1.807, 2.05) is 13.8 Å². The van der Waals surface area contributed by atoms with Gasteiger partial charge in [0, 0.05) is 0 Å². The first-order chi connectivity index (χ1) is 6.95. The molecule has 0 aliphatic carbocycles. The van der Waals surface area contributed by atoms with Gasteiger partial charge >= 0.3 is 6.18 Å². The zero-order valence-electron chi connectivity index (χ0n) is 8.99. The smallest absolute Gasteiger partial charge is 0.166 e. The summed E-state index contributed by atoms with van der Waals surface area (Å²) in [6, 6.07) is 3.96. The monoisotopic (exact) mass is 216 g/mol. The summed E-state index contributed by atoms with van der Waals surface area (Å²) in [6.45, 7) is 3.88. The van der Waals surface area contributed by atoms with Gasteiger partial charge in [0.1, 0.15) is 0 Å². The molecule has 0 nitrogen and oxygen atoms in total. The van der Waals surface area contributed by atoms with Gasteiger partial charge in [0.2, 0.25) is 0 Å². The van der Waals surface area contributed by atoms with Gasteiger partial charge in [-0.15, -0.1) is 0 Å². The van der Waals surface area contributed by atoms with Gasteiger partial charge in [-0.25, -0.2) is 0 Å². The molecule has 0 aliphatic heterocycles. The molecule has 0 radical (unpaired) electrons. The quantitative estimate of drug-likeness (QED) is 0.704. The van der Waals surface area contributed by atoms with Gasteiger partial charge in [-0.05, 0) is 43.0 Å². The second-order valence-electron chi connectivity index (χ2n) is 3.74. The van der Waals surface area contributed by atoms with Crippen molar-refractivity contribution >= 4 is 0 Å². The third-order valence-electron chi connectivity index (χ3n) is 2.48. The molecule has 0 unspecified atom stereocenters. The first kappa shape index (κ1) is 12.1. The lowest BCUT2D eigenvalue weighted by atomic mass is 10.00. The number of halogens is 3. The highest BCUT2D eigenvalue weighted by Gasteiger charge is 2.30. The second-order valence-corrected chi connectivity index (χ2v) is 3.74. The van der Waals surface area contributed by atoms with Crippen LogP contribution in [0.5, 0.6) is 0 Å². The van der Waals surface area contributed by atoms with Gasteiger partial charge in [-0.3, -0.25) is 0 Å². The van der Waals surface area contributed by atoms with E-state index in [4.69, 9.17) is 0 Å². The van der Waals surface area contributed by atoms with Crippen molar-refractivity contribution in [2.24, 2.45) is 0 Å². The van der Waals surface area contributed by atoms with Crippen LogP contribution in [0.15, 0.2) is 18.2 Å². The van der Waals surface area contributed by atoms with Crippen molar-refractivity contribution in [2.75, 3.05) is 0 Å². The van der Waals surface area contributed by atoms with Crippen molar-refractivity contribution in [3.05, 3.63) is 34.9 Å². The largest absolute Gasteiger partial charge is 0.416 e. The Morgan fingerprint density at radius 2 is 1.87 bits per heavy atom. The number of hydrogen-bond acceptors (Lipinski definition) is 0. The topological polar surface area (TPSA) is 0 Å². The minimum Gasteiger partial charge on any atom is -0.166 e. The summed E-state index contributed by atoms with van der Waals surface area (Å²) in [5.74, 6) is 0. The Hall–Kier alpha value is -0.990. The van der Waals surface area contributed by atoms with Gasteiger partial charge in [-0.1, -0.05) is 19.4 Å². The summed E-state index contributed by atoms with van der Waals surface area (Å²) in [4.78, 5) is 0. The predicted molar refractivity (Wildman–Crippen MR) is 54.8 cm³/mol. The van der Waals surface area contributed by atoms with E-state index in [1.165, 1.54) is 6.07 Å². The lowest BCUT2D eigenvalue weighted by molar-refractivity contribution is -0.137.